The van der Waals surface area contributed by atoms with Crippen LogP contribution in [-0.4, -0.2) is 57.0 Å². The first-order valence-electron chi connectivity index (χ1n) is 7.91. The topological polar surface area (TPSA) is 57.2 Å². The van der Waals surface area contributed by atoms with E-state index in [2.05, 4.69) is 12.1 Å². The molecular weight excluding hydrogens is 284 g/mol. The highest BCUT2D eigenvalue weighted by Gasteiger charge is 2.15. The van der Waals surface area contributed by atoms with Crippen LogP contribution in [-0.2, 0) is 25.6 Å². The number of rotatable bonds is 6. The molecule has 2 saturated heterocycles. The van der Waals surface area contributed by atoms with Crippen molar-refractivity contribution in [1.82, 2.24) is 0 Å². The summed E-state index contributed by atoms with van der Waals surface area (Å²) in [5.74, 6) is 0. The second-order valence-electron chi connectivity index (χ2n) is 5.41. The minimum Gasteiger partial charge on any atom is -0.391 e. The van der Waals surface area contributed by atoms with E-state index in [1.165, 1.54) is 5.56 Å². The summed E-state index contributed by atoms with van der Waals surface area (Å²) in [5, 5.41) is 8.60. The van der Waals surface area contributed by atoms with Gasteiger partial charge in [-0.2, -0.15) is 0 Å². The predicted octanol–water partition coefficient (Wildman–Crippen LogP) is 1.78. The number of aliphatic hydroxyl groups is 1. The fourth-order valence-corrected chi connectivity index (χ4v) is 2.20. The Kier molecular flexibility index (Phi) is 8.45. The van der Waals surface area contributed by atoms with E-state index in [0.717, 1.165) is 32.7 Å². The van der Waals surface area contributed by atoms with Gasteiger partial charge in [0.1, 0.15) is 0 Å². The van der Waals surface area contributed by atoms with Crippen molar-refractivity contribution < 1.29 is 24.1 Å². The molecule has 0 aliphatic carbocycles. The lowest BCUT2D eigenvalue weighted by Gasteiger charge is -2.09. The zero-order valence-corrected chi connectivity index (χ0v) is 13.0. The summed E-state index contributed by atoms with van der Waals surface area (Å²) in [4.78, 5) is 0. The molecular formula is C17H26O5. The van der Waals surface area contributed by atoms with Gasteiger partial charge in [-0.3, -0.25) is 0 Å². The molecule has 0 radical (unpaired) electrons. The Morgan fingerprint density at radius 2 is 1.77 bits per heavy atom. The maximum absolute atomic E-state index is 8.60. The Hall–Kier alpha value is -0.980. The molecule has 1 aromatic carbocycles. The zero-order chi connectivity index (χ0) is 15.5. The highest BCUT2D eigenvalue weighted by molar-refractivity contribution is 5.13. The normalized spacial score (nSPS) is 24.0. The van der Waals surface area contributed by atoms with Gasteiger partial charge < -0.3 is 24.1 Å². The molecule has 124 valence electrons. The summed E-state index contributed by atoms with van der Waals surface area (Å²) in [5.41, 5.74) is 1.20. The molecule has 1 aromatic rings. The third-order valence-electron chi connectivity index (χ3n) is 3.49. The van der Waals surface area contributed by atoms with Gasteiger partial charge in [0, 0.05) is 13.2 Å². The molecule has 0 saturated carbocycles. The number of hydrogen-bond acceptors (Lipinski definition) is 5. The van der Waals surface area contributed by atoms with Crippen molar-refractivity contribution in [2.45, 2.75) is 31.7 Å². The molecule has 2 heterocycles. The second-order valence-corrected chi connectivity index (χ2v) is 5.41. The van der Waals surface area contributed by atoms with Crippen LogP contribution in [0.2, 0.25) is 0 Å². The number of ether oxygens (including phenoxy) is 4. The fourth-order valence-electron chi connectivity index (χ4n) is 2.20. The molecule has 5 heteroatoms. The molecule has 2 atom stereocenters. The van der Waals surface area contributed by atoms with Crippen LogP contribution >= 0.6 is 0 Å². The van der Waals surface area contributed by atoms with Gasteiger partial charge in [-0.05, 0) is 18.4 Å². The van der Waals surface area contributed by atoms with Crippen molar-refractivity contribution in [3.8, 4) is 0 Å². The van der Waals surface area contributed by atoms with Crippen LogP contribution in [0.5, 0.6) is 0 Å². The summed E-state index contributed by atoms with van der Waals surface area (Å²) in [6.07, 6.45) is 1.93. The lowest BCUT2D eigenvalue weighted by Crippen LogP contribution is -2.15. The van der Waals surface area contributed by atoms with E-state index in [9.17, 15) is 0 Å². The first-order chi connectivity index (χ1) is 10.8. The molecule has 3 rings (SSSR count). The van der Waals surface area contributed by atoms with E-state index in [4.69, 9.17) is 24.1 Å². The largest absolute Gasteiger partial charge is 0.391 e. The van der Waals surface area contributed by atoms with Gasteiger partial charge in [0.2, 0.25) is 0 Å². The van der Waals surface area contributed by atoms with Gasteiger partial charge in [0.25, 0.3) is 0 Å². The quantitative estimate of drug-likeness (QED) is 0.812. The summed E-state index contributed by atoms with van der Waals surface area (Å²) in [6, 6.07) is 10.2. The maximum Gasteiger partial charge on any atom is 0.0831 e. The molecule has 1 N–H and O–H groups in total. The van der Waals surface area contributed by atoms with Gasteiger partial charge in [-0.1, -0.05) is 30.3 Å². The molecule has 0 aromatic heterocycles. The van der Waals surface area contributed by atoms with Crippen LogP contribution in [0.3, 0.4) is 0 Å². The SMILES string of the molecule is OC1CCOC1.c1ccc(COCCOC2CCOC2)cc1. The molecule has 2 aliphatic rings. The summed E-state index contributed by atoms with van der Waals surface area (Å²) >= 11 is 0. The van der Waals surface area contributed by atoms with Crippen LogP contribution in [0, 0.1) is 0 Å². The van der Waals surface area contributed by atoms with E-state index >= 15 is 0 Å². The molecule has 2 aliphatic heterocycles. The second kappa shape index (κ2) is 10.7. The van der Waals surface area contributed by atoms with E-state index in [1.54, 1.807) is 0 Å². The predicted molar refractivity (Wildman–Crippen MR) is 82.7 cm³/mol. The first kappa shape index (κ1) is 17.4. The molecule has 2 unspecified atom stereocenters. The molecule has 0 bridgehead atoms. The highest BCUT2D eigenvalue weighted by Crippen LogP contribution is 2.07. The highest BCUT2D eigenvalue weighted by atomic mass is 16.6. The summed E-state index contributed by atoms with van der Waals surface area (Å²) in [6.45, 7) is 4.80. The van der Waals surface area contributed by atoms with Gasteiger partial charge in [-0.15, -0.1) is 0 Å². The Morgan fingerprint density at radius 3 is 2.36 bits per heavy atom. The van der Waals surface area contributed by atoms with Crippen LogP contribution in [0.15, 0.2) is 30.3 Å². The molecule has 0 spiro atoms. The van der Waals surface area contributed by atoms with Gasteiger partial charge in [-0.25, -0.2) is 0 Å². The van der Waals surface area contributed by atoms with Crippen LogP contribution in [0.25, 0.3) is 0 Å². The van der Waals surface area contributed by atoms with Gasteiger partial charge >= 0.3 is 0 Å². The Labute approximate surface area is 132 Å². The van der Waals surface area contributed by atoms with E-state index in [1.807, 2.05) is 18.2 Å². The van der Waals surface area contributed by atoms with Crippen LogP contribution in [0.1, 0.15) is 18.4 Å². The Bertz CT molecular complexity index is 372. The van der Waals surface area contributed by atoms with Crippen molar-refractivity contribution in [1.29, 1.82) is 0 Å². The standard InChI is InChI=1S/C13H18O3.C4H8O2/c1-2-4-12(5-3-1)10-15-8-9-16-13-6-7-14-11-13;5-4-1-2-6-3-4/h1-5,13H,6-11H2;4-5H,1-3H2. The molecule has 2 fully saturated rings. The maximum atomic E-state index is 8.60. The van der Waals surface area contributed by atoms with E-state index in [0.29, 0.717) is 26.4 Å². The smallest absolute Gasteiger partial charge is 0.0831 e. The van der Waals surface area contributed by atoms with Crippen molar-refractivity contribution in [2.75, 3.05) is 39.6 Å². The average Bonchev–Trinajstić information content (AvgIpc) is 3.22. The van der Waals surface area contributed by atoms with E-state index < -0.39 is 0 Å². The Morgan fingerprint density at radius 1 is 1.00 bits per heavy atom. The van der Waals surface area contributed by atoms with Crippen molar-refractivity contribution in [2.24, 2.45) is 0 Å². The molecule has 0 amide bonds. The van der Waals surface area contributed by atoms with Crippen molar-refractivity contribution in [3.63, 3.8) is 0 Å². The first-order valence-corrected chi connectivity index (χ1v) is 7.91. The van der Waals surface area contributed by atoms with Gasteiger partial charge in [0.05, 0.1) is 45.2 Å². The van der Waals surface area contributed by atoms with Crippen LogP contribution in [0.4, 0.5) is 0 Å². The molecule has 5 nitrogen and oxygen atoms in total. The molecule has 22 heavy (non-hydrogen) atoms. The minimum absolute atomic E-state index is 0.176. The monoisotopic (exact) mass is 310 g/mol. The van der Waals surface area contributed by atoms with Gasteiger partial charge in [0.15, 0.2) is 0 Å². The zero-order valence-electron chi connectivity index (χ0n) is 13.0. The van der Waals surface area contributed by atoms with E-state index in [-0.39, 0.29) is 12.2 Å². The summed E-state index contributed by atoms with van der Waals surface area (Å²) < 4.78 is 21.1. The third kappa shape index (κ3) is 7.33. The number of hydrogen-bond donors (Lipinski definition) is 1. The average molecular weight is 310 g/mol. The van der Waals surface area contributed by atoms with Crippen LogP contribution < -0.4 is 0 Å². The lowest BCUT2D eigenvalue weighted by molar-refractivity contribution is -0.00292. The number of aliphatic hydroxyl groups excluding tert-OH is 1. The van der Waals surface area contributed by atoms with Crippen molar-refractivity contribution in [3.05, 3.63) is 35.9 Å². The lowest BCUT2D eigenvalue weighted by atomic mass is 10.2. The fraction of sp³-hybridized carbons (Fsp3) is 0.647. The Balaban J connectivity index is 0.000000246. The van der Waals surface area contributed by atoms with Crippen molar-refractivity contribution >= 4 is 0 Å². The summed E-state index contributed by atoms with van der Waals surface area (Å²) in [7, 11) is 0. The number of benzene rings is 1. The third-order valence-corrected chi connectivity index (χ3v) is 3.49. The minimum atomic E-state index is -0.176.